The van der Waals surface area contributed by atoms with Gasteiger partial charge in [-0.25, -0.2) is 17.7 Å². The van der Waals surface area contributed by atoms with Gasteiger partial charge in [0.15, 0.2) is 0 Å². The van der Waals surface area contributed by atoms with E-state index in [4.69, 9.17) is 0 Å². The van der Waals surface area contributed by atoms with Crippen LogP contribution in [0, 0.1) is 6.92 Å². The van der Waals surface area contributed by atoms with Crippen LogP contribution in [0.25, 0.3) is 0 Å². The molecule has 0 spiro atoms. The molecule has 0 aromatic heterocycles. The Balaban J connectivity index is 0.00000114. The summed E-state index contributed by atoms with van der Waals surface area (Å²) < 4.78 is 41.2. The van der Waals surface area contributed by atoms with Crippen LogP contribution in [0.15, 0.2) is 89.1 Å². The van der Waals surface area contributed by atoms with Crippen LogP contribution in [0.2, 0.25) is 0 Å². The van der Waals surface area contributed by atoms with Gasteiger partial charge in [0, 0.05) is 25.1 Å². The second-order valence-electron chi connectivity index (χ2n) is 7.56. The van der Waals surface area contributed by atoms with E-state index >= 15 is 0 Å². The number of aryl methyl sites for hydroxylation is 1. The number of rotatable bonds is 11. The maximum Gasteiger partial charge on any atom is 0.220 e. The lowest BCUT2D eigenvalue weighted by molar-refractivity contribution is -0.121. The summed E-state index contributed by atoms with van der Waals surface area (Å²) in [6, 6.07) is 19.0. The van der Waals surface area contributed by atoms with E-state index in [0.29, 0.717) is 4.90 Å². The molecule has 2 rings (SSSR count). The number of benzene rings is 2. The van der Waals surface area contributed by atoms with Crippen LogP contribution in [-0.2, 0) is 15.8 Å². The van der Waals surface area contributed by atoms with Gasteiger partial charge < -0.3 is 10.4 Å². The first-order valence-corrected chi connectivity index (χ1v) is 13.2. The second kappa shape index (κ2) is 20.5. The summed E-state index contributed by atoms with van der Waals surface area (Å²) in [5.74, 6) is -1.07. The molecule has 8 heteroatoms. The number of amides is 1. The fourth-order valence-electron chi connectivity index (χ4n) is 2.65. The van der Waals surface area contributed by atoms with Crippen molar-refractivity contribution < 1.29 is 22.9 Å². The van der Waals surface area contributed by atoms with E-state index in [1.54, 1.807) is 31.2 Å². The lowest BCUT2D eigenvalue weighted by Gasteiger charge is -2.12. The molecule has 3 atom stereocenters. The fraction of sp³-hybridized carbons (Fsp3) is 0.393. The summed E-state index contributed by atoms with van der Waals surface area (Å²) in [5, 5.41) is 12.4. The Hall–Kier alpha value is -2.68. The van der Waals surface area contributed by atoms with Crippen LogP contribution in [0.3, 0.4) is 0 Å². The molecular weight excluding hydrogens is 482 g/mol. The number of hydrogen-bond donors (Lipinski definition) is 3. The van der Waals surface area contributed by atoms with Gasteiger partial charge in [0.25, 0.3) is 0 Å². The Bertz CT molecular complexity index is 936. The zero-order chi connectivity index (χ0) is 27.3. The molecule has 0 aliphatic rings. The molecule has 1 amide bonds. The Morgan fingerprint density at radius 1 is 1.08 bits per heavy atom. The first-order chi connectivity index (χ1) is 17.2. The van der Waals surface area contributed by atoms with Crippen LogP contribution in [0.1, 0.15) is 46.1 Å². The average molecular weight is 523 g/mol. The number of carbonyl (C=O) groups is 1. The van der Waals surface area contributed by atoms with Crippen molar-refractivity contribution >= 4 is 16.9 Å². The topological polar surface area (TPSA) is 78.4 Å². The maximum absolute atomic E-state index is 13.7. The van der Waals surface area contributed by atoms with Gasteiger partial charge in [-0.15, -0.1) is 0 Å². The van der Waals surface area contributed by atoms with E-state index in [-0.39, 0.29) is 37.4 Å². The molecule has 2 aromatic carbocycles. The molecule has 200 valence electrons. The highest BCUT2D eigenvalue weighted by Crippen LogP contribution is 2.13. The SMILES string of the molecule is C/C=C(CNC(=O)CCC(O)CNS(=O)c1ccccc1)\C(F)=C/C(C)F.CC.Cc1ccccc1. The number of aliphatic hydroxyl groups excluding tert-OH is 1. The minimum absolute atomic E-state index is 0.0304. The van der Waals surface area contributed by atoms with Crippen molar-refractivity contribution in [1.29, 1.82) is 0 Å². The Labute approximate surface area is 217 Å². The number of allylic oxidation sites excluding steroid dienone is 2. The smallest absolute Gasteiger partial charge is 0.220 e. The molecular formula is C28H40F2N2O3S. The van der Waals surface area contributed by atoms with Gasteiger partial charge in [-0.2, -0.15) is 0 Å². The lowest BCUT2D eigenvalue weighted by atomic mass is 10.1. The number of halogens is 2. The van der Waals surface area contributed by atoms with Crippen LogP contribution < -0.4 is 10.0 Å². The predicted molar refractivity (Wildman–Crippen MR) is 145 cm³/mol. The van der Waals surface area contributed by atoms with E-state index < -0.39 is 29.1 Å². The zero-order valence-corrected chi connectivity index (χ0v) is 22.7. The molecule has 0 aliphatic carbocycles. The molecule has 0 bridgehead atoms. The first-order valence-electron chi connectivity index (χ1n) is 12.1. The van der Waals surface area contributed by atoms with Crippen LogP contribution >= 0.6 is 0 Å². The minimum atomic E-state index is -1.44. The van der Waals surface area contributed by atoms with Crippen LogP contribution in [0.5, 0.6) is 0 Å². The highest BCUT2D eigenvalue weighted by atomic mass is 32.2. The standard InChI is InChI=1S/C19H26F2N2O3S.C7H8.C2H6/c1-3-15(18(21)11-14(2)20)12-22-19(25)10-9-16(24)13-23-27(26)17-7-5-4-6-8-17;1-7-5-3-2-4-6-7;1-2/h3-8,11,14,16,23-24H,9-10,12-13H2,1-2H3,(H,22,25);2-6H,1H3;1-2H3/b15-3-,18-11+;;. The molecule has 5 nitrogen and oxygen atoms in total. The number of carbonyl (C=O) groups excluding carboxylic acids is 1. The van der Waals surface area contributed by atoms with Crippen LogP contribution in [-0.4, -0.2) is 40.6 Å². The summed E-state index contributed by atoms with van der Waals surface area (Å²) in [4.78, 5) is 12.4. The van der Waals surface area contributed by atoms with E-state index in [2.05, 4.69) is 29.1 Å². The molecule has 0 radical (unpaired) electrons. The van der Waals surface area contributed by atoms with Crippen molar-refractivity contribution in [2.24, 2.45) is 0 Å². The fourth-order valence-corrected chi connectivity index (χ4v) is 3.56. The van der Waals surface area contributed by atoms with Crippen molar-refractivity contribution in [3.05, 3.63) is 89.8 Å². The Kier molecular flexibility index (Phi) is 19.0. The summed E-state index contributed by atoms with van der Waals surface area (Å²) in [6.45, 7) is 8.91. The molecule has 0 fully saturated rings. The van der Waals surface area contributed by atoms with E-state index in [1.165, 1.54) is 18.6 Å². The van der Waals surface area contributed by atoms with Crippen molar-refractivity contribution in [1.82, 2.24) is 10.0 Å². The molecule has 0 saturated heterocycles. The van der Waals surface area contributed by atoms with E-state index in [0.717, 1.165) is 6.08 Å². The Morgan fingerprint density at radius 2 is 1.64 bits per heavy atom. The maximum atomic E-state index is 13.7. The summed E-state index contributed by atoms with van der Waals surface area (Å²) >= 11 is 0. The summed E-state index contributed by atoms with van der Waals surface area (Å²) in [7, 11) is -1.44. The minimum Gasteiger partial charge on any atom is -0.392 e. The van der Waals surface area contributed by atoms with E-state index in [1.807, 2.05) is 38.1 Å². The van der Waals surface area contributed by atoms with Gasteiger partial charge in [-0.1, -0.05) is 74.0 Å². The zero-order valence-electron chi connectivity index (χ0n) is 21.8. The number of hydrogen-bond acceptors (Lipinski definition) is 3. The highest BCUT2D eigenvalue weighted by Gasteiger charge is 2.12. The van der Waals surface area contributed by atoms with Crippen molar-refractivity contribution in [3.63, 3.8) is 0 Å². The van der Waals surface area contributed by atoms with E-state index in [9.17, 15) is 22.9 Å². The van der Waals surface area contributed by atoms with Crippen molar-refractivity contribution in [3.8, 4) is 0 Å². The lowest BCUT2D eigenvalue weighted by Crippen LogP contribution is -2.31. The van der Waals surface area contributed by atoms with Crippen molar-refractivity contribution in [2.75, 3.05) is 13.1 Å². The number of nitrogens with one attached hydrogen (secondary N) is 2. The molecule has 0 aliphatic heterocycles. The number of aliphatic hydroxyl groups is 1. The number of alkyl halides is 1. The third-order valence-corrected chi connectivity index (χ3v) is 5.69. The summed E-state index contributed by atoms with van der Waals surface area (Å²) in [5.41, 5.74) is 1.51. The third kappa shape index (κ3) is 16.1. The van der Waals surface area contributed by atoms with Gasteiger partial charge in [0.2, 0.25) is 5.91 Å². The normalized spacial score (nSPS) is 13.8. The molecule has 36 heavy (non-hydrogen) atoms. The molecule has 0 heterocycles. The largest absolute Gasteiger partial charge is 0.392 e. The molecule has 0 saturated carbocycles. The van der Waals surface area contributed by atoms with Gasteiger partial charge in [-0.05, 0) is 45.4 Å². The molecule has 3 N–H and O–H groups in total. The van der Waals surface area contributed by atoms with Crippen LogP contribution in [0.4, 0.5) is 8.78 Å². The molecule has 2 aromatic rings. The van der Waals surface area contributed by atoms with Gasteiger partial charge in [-0.3, -0.25) is 4.79 Å². The van der Waals surface area contributed by atoms with Gasteiger partial charge >= 0.3 is 0 Å². The molecule has 3 unspecified atom stereocenters. The van der Waals surface area contributed by atoms with Crippen molar-refractivity contribution in [2.45, 2.75) is 64.6 Å². The Morgan fingerprint density at radius 3 is 2.11 bits per heavy atom. The summed E-state index contributed by atoms with van der Waals surface area (Å²) in [6.07, 6.45) is 0.224. The third-order valence-electron chi connectivity index (χ3n) is 4.56. The monoisotopic (exact) mass is 522 g/mol. The quantitative estimate of drug-likeness (QED) is 0.330. The first kappa shape index (κ1) is 33.3. The van der Waals surface area contributed by atoms with Gasteiger partial charge in [0.05, 0.1) is 11.0 Å². The highest BCUT2D eigenvalue weighted by molar-refractivity contribution is 7.83. The average Bonchev–Trinajstić information content (AvgIpc) is 2.88. The van der Waals surface area contributed by atoms with Gasteiger partial charge in [0.1, 0.15) is 23.0 Å². The second-order valence-corrected chi connectivity index (χ2v) is 8.86. The predicted octanol–water partition coefficient (Wildman–Crippen LogP) is 5.74.